The minimum absolute atomic E-state index is 0.0128. The number of benzene rings is 1. The lowest BCUT2D eigenvalue weighted by atomic mass is 9.89. The van der Waals surface area contributed by atoms with E-state index in [1.165, 1.54) is 5.56 Å². The van der Waals surface area contributed by atoms with Crippen LogP contribution in [0.1, 0.15) is 31.0 Å². The van der Waals surface area contributed by atoms with E-state index in [-0.39, 0.29) is 12.1 Å². The normalized spacial score (nSPS) is 23.4. The van der Waals surface area contributed by atoms with E-state index in [0.717, 1.165) is 5.56 Å². The second kappa shape index (κ2) is 3.51. The van der Waals surface area contributed by atoms with Crippen LogP contribution in [0.3, 0.4) is 0 Å². The number of ether oxygens (including phenoxy) is 1. The molecule has 1 aliphatic heterocycles. The van der Waals surface area contributed by atoms with Crippen LogP contribution in [0, 0.1) is 6.92 Å². The zero-order valence-corrected chi connectivity index (χ0v) is 10.2. The van der Waals surface area contributed by atoms with Gasteiger partial charge in [-0.25, -0.2) is 4.79 Å². The molecule has 3 nitrogen and oxygen atoms in total. The summed E-state index contributed by atoms with van der Waals surface area (Å²) in [5.41, 5.74) is 1.87. The van der Waals surface area contributed by atoms with Crippen molar-refractivity contribution in [3.05, 3.63) is 35.4 Å². The van der Waals surface area contributed by atoms with E-state index >= 15 is 0 Å². The third kappa shape index (κ3) is 1.56. The monoisotopic (exact) mass is 219 g/mol. The van der Waals surface area contributed by atoms with Crippen LogP contribution in [0.2, 0.25) is 0 Å². The van der Waals surface area contributed by atoms with Gasteiger partial charge in [-0.3, -0.25) is 0 Å². The number of hydrogen-bond donors (Lipinski definition) is 0. The molecule has 1 aromatic carbocycles. The maximum Gasteiger partial charge on any atom is 0.410 e. The number of carbonyl (C=O) groups is 1. The Bertz CT molecular complexity index is 426. The summed E-state index contributed by atoms with van der Waals surface area (Å²) < 4.78 is 5.37. The maximum atomic E-state index is 11.6. The molecule has 1 heterocycles. The van der Waals surface area contributed by atoms with Gasteiger partial charge in [-0.15, -0.1) is 0 Å². The molecule has 1 aromatic rings. The van der Waals surface area contributed by atoms with Gasteiger partial charge >= 0.3 is 6.09 Å². The molecule has 0 N–H and O–H groups in total. The molecular weight excluding hydrogens is 202 g/mol. The van der Waals surface area contributed by atoms with Gasteiger partial charge in [0.2, 0.25) is 0 Å². The Balaban J connectivity index is 2.48. The van der Waals surface area contributed by atoms with Crippen LogP contribution in [-0.2, 0) is 4.74 Å². The lowest BCUT2D eigenvalue weighted by molar-refractivity contribution is 0.0676. The smallest absolute Gasteiger partial charge is 0.410 e. The van der Waals surface area contributed by atoms with Gasteiger partial charge in [0.1, 0.15) is 5.60 Å². The molecule has 0 aliphatic carbocycles. The van der Waals surface area contributed by atoms with Crippen LogP contribution in [0.15, 0.2) is 24.3 Å². The standard InChI is InChI=1S/C13H17NO2/c1-9-7-5-6-8-10(9)11-13(2,3)16-12(15)14(11)4/h5-8,11H,1-4H3. The first kappa shape index (κ1) is 11.0. The second-order valence-electron chi connectivity index (χ2n) is 4.84. The number of aryl methyl sites for hydroxylation is 1. The molecule has 0 aromatic heterocycles. The van der Waals surface area contributed by atoms with Crippen molar-refractivity contribution in [3.8, 4) is 0 Å². The average molecular weight is 219 g/mol. The third-order valence-corrected chi connectivity index (χ3v) is 3.17. The van der Waals surface area contributed by atoms with Crippen molar-refractivity contribution in [2.45, 2.75) is 32.4 Å². The molecule has 1 fully saturated rings. The number of rotatable bonds is 1. The molecule has 16 heavy (non-hydrogen) atoms. The molecule has 0 saturated carbocycles. The summed E-state index contributed by atoms with van der Waals surface area (Å²) in [5.74, 6) is 0. The number of hydrogen-bond acceptors (Lipinski definition) is 2. The van der Waals surface area contributed by atoms with Crippen LogP contribution < -0.4 is 0 Å². The summed E-state index contributed by atoms with van der Waals surface area (Å²) in [6.45, 7) is 5.96. The highest BCUT2D eigenvalue weighted by Gasteiger charge is 2.47. The quantitative estimate of drug-likeness (QED) is 0.726. The summed E-state index contributed by atoms with van der Waals surface area (Å²) in [7, 11) is 1.79. The predicted octanol–water partition coefficient (Wildman–Crippen LogP) is 2.90. The van der Waals surface area contributed by atoms with Crippen LogP contribution >= 0.6 is 0 Å². The zero-order valence-electron chi connectivity index (χ0n) is 10.2. The van der Waals surface area contributed by atoms with Crippen molar-refractivity contribution < 1.29 is 9.53 Å². The highest BCUT2D eigenvalue weighted by Crippen LogP contribution is 2.40. The molecule has 0 bridgehead atoms. The van der Waals surface area contributed by atoms with Gasteiger partial charge in [0, 0.05) is 7.05 Å². The first-order valence-electron chi connectivity index (χ1n) is 5.45. The zero-order chi connectivity index (χ0) is 11.9. The van der Waals surface area contributed by atoms with Gasteiger partial charge in [-0.2, -0.15) is 0 Å². The Morgan fingerprint density at radius 1 is 1.31 bits per heavy atom. The van der Waals surface area contributed by atoms with Gasteiger partial charge < -0.3 is 9.64 Å². The molecular formula is C13H17NO2. The summed E-state index contributed by atoms with van der Waals surface area (Å²) in [4.78, 5) is 13.3. The molecule has 86 valence electrons. The predicted molar refractivity (Wildman–Crippen MR) is 62.2 cm³/mol. The van der Waals surface area contributed by atoms with E-state index in [0.29, 0.717) is 0 Å². The molecule has 1 saturated heterocycles. The fraction of sp³-hybridized carbons (Fsp3) is 0.462. The van der Waals surface area contributed by atoms with Crippen molar-refractivity contribution in [2.24, 2.45) is 0 Å². The molecule has 2 rings (SSSR count). The van der Waals surface area contributed by atoms with Gasteiger partial charge in [0.15, 0.2) is 0 Å². The highest BCUT2D eigenvalue weighted by atomic mass is 16.6. The fourth-order valence-corrected chi connectivity index (χ4v) is 2.40. The minimum atomic E-state index is -0.474. The average Bonchev–Trinajstić information content (AvgIpc) is 2.38. The van der Waals surface area contributed by atoms with Crippen LogP contribution in [0.5, 0.6) is 0 Å². The Kier molecular flexibility index (Phi) is 2.41. The van der Waals surface area contributed by atoms with E-state index in [9.17, 15) is 4.79 Å². The van der Waals surface area contributed by atoms with Crippen LogP contribution in [-0.4, -0.2) is 23.6 Å². The molecule has 1 unspecified atom stereocenters. The molecule has 3 heteroatoms. The Morgan fingerprint density at radius 2 is 1.94 bits per heavy atom. The SMILES string of the molecule is Cc1ccccc1C1N(C)C(=O)OC1(C)C. The first-order chi connectivity index (χ1) is 7.43. The maximum absolute atomic E-state index is 11.6. The van der Waals surface area contributed by atoms with Crippen molar-refractivity contribution in [1.82, 2.24) is 4.90 Å². The van der Waals surface area contributed by atoms with Gasteiger partial charge in [-0.05, 0) is 31.9 Å². The van der Waals surface area contributed by atoms with Gasteiger partial charge in [0.25, 0.3) is 0 Å². The number of carbonyl (C=O) groups excluding carboxylic acids is 1. The largest absolute Gasteiger partial charge is 0.441 e. The van der Waals surface area contributed by atoms with Crippen molar-refractivity contribution in [3.63, 3.8) is 0 Å². The highest BCUT2D eigenvalue weighted by molar-refractivity contribution is 5.71. The number of cyclic esters (lactones) is 1. The number of amides is 1. The van der Waals surface area contributed by atoms with Crippen LogP contribution in [0.4, 0.5) is 4.79 Å². The van der Waals surface area contributed by atoms with Crippen molar-refractivity contribution in [2.75, 3.05) is 7.05 Å². The topological polar surface area (TPSA) is 29.5 Å². The van der Waals surface area contributed by atoms with E-state index in [2.05, 4.69) is 19.1 Å². The van der Waals surface area contributed by atoms with Gasteiger partial charge in [0.05, 0.1) is 6.04 Å². The second-order valence-corrected chi connectivity index (χ2v) is 4.84. The molecule has 0 spiro atoms. The Hall–Kier alpha value is -1.51. The summed E-state index contributed by atoms with van der Waals surface area (Å²) >= 11 is 0. The summed E-state index contributed by atoms with van der Waals surface area (Å²) in [6.07, 6.45) is -0.252. The van der Waals surface area contributed by atoms with E-state index in [1.807, 2.05) is 26.0 Å². The molecule has 1 aliphatic rings. The van der Waals surface area contributed by atoms with Crippen molar-refractivity contribution >= 4 is 6.09 Å². The molecule has 0 radical (unpaired) electrons. The van der Waals surface area contributed by atoms with Crippen LogP contribution in [0.25, 0.3) is 0 Å². The van der Waals surface area contributed by atoms with Crippen molar-refractivity contribution in [1.29, 1.82) is 0 Å². The third-order valence-electron chi connectivity index (χ3n) is 3.17. The van der Waals surface area contributed by atoms with Gasteiger partial charge in [-0.1, -0.05) is 24.3 Å². The minimum Gasteiger partial charge on any atom is -0.441 e. The lowest BCUT2D eigenvalue weighted by Crippen LogP contribution is -2.31. The fourth-order valence-electron chi connectivity index (χ4n) is 2.40. The molecule has 1 amide bonds. The van der Waals surface area contributed by atoms with E-state index in [1.54, 1.807) is 11.9 Å². The Labute approximate surface area is 96.0 Å². The Morgan fingerprint density at radius 3 is 2.44 bits per heavy atom. The number of likely N-dealkylation sites (N-methyl/N-ethyl adjacent to an activating group) is 1. The lowest BCUT2D eigenvalue weighted by Gasteiger charge is -2.28. The number of nitrogens with zero attached hydrogens (tertiary/aromatic N) is 1. The van der Waals surface area contributed by atoms with E-state index in [4.69, 9.17) is 4.74 Å². The molecule has 1 atom stereocenters. The first-order valence-corrected chi connectivity index (χ1v) is 5.45. The summed E-state index contributed by atoms with van der Waals surface area (Å²) in [6, 6.07) is 8.10. The summed E-state index contributed by atoms with van der Waals surface area (Å²) in [5, 5.41) is 0. The van der Waals surface area contributed by atoms with E-state index < -0.39 is 5.60 Å².